The van der Waals surface area contributed by atoms with Crippen LogP contribution >= 0.6 is 12.4 Å². The van der Waals surface area contributed by atoms with Gasteiger partial charge in [0, 0.05) is 18.2 Å². The molecule has 7 heteroatoms. The molecule has 0 atom stereocenters. The molecule has 6 nitrogen and oxygen atoms in total. The fourth-order valence-electron chi connectivity index (χ4n) is 2.44. The molecule has 0 unspecified atom stereocenters. The first-order chi connectivity index (χ1) is 10.2. The van der Waals surface area contributed by atoms with Gasteiger partial charge in [-0.05, 0) is 45.8 Å². The first kappa shape index (κ1) is 16.7. The van der Waals surface area contributed by atoms with Crippen LogP contribution in [0.5, 0.6) is 0 Å². The van der Waals surface area contributed by atoms with Gasteiger partial charge in [0.25, 0.3) is 11.6 Å². The predicted molar refractivity (Wildman–Crippen MR) is 86.6 cm³/mol. The highest BCUT2D eigenvalue weighted by molar-refractivity contribution is 6.06. The maximum atomic E-state index is 12.4. The molecule has 0 aliphatic heterocycles. The lowest BCUT2D eigenvalue weighted by Gasteiger charge is -2.07. The standard InChI is InChI=1S/C15H20N4O2.ClH/c1-9-13-11(14(20)17-7-3-6-16-2)8-12(10-4-5-10)18-15(13)21-19-9;/h8,10,16H,3-7H2,1-2H3,(H,17,20);1H. The van der Waals surface area contributed by atoms with E-state index >= 15 is 0 Å². The quantitative estimate of drug-likeness (QED) is 0.796. The molecule has 1 fully saturated rings. The van der Waals surface area contributed by atoms with Gasteiger partial charge in [0.05, 0.1) is 16.6 Å². The van der Waals surface area contributed by atoms with E-state index in [4.69, 9.17) is 4.52 Å². The molecule has 1 aliphatic carbocycles. The molecule has 3 rings (SSSR count). The normalized spacial score (nSPS) is 13.9. The van der Waals surface area contributed by atoms with Gasteiger partial charge >= 0.3 is 0 Å². The predicted octanol–water partition coefficient (Wildman–Crippen LogP) is 2.17. The Hall–Kier alpha value is -1.66. The van der Waals surface area contributed by atoms with Gasteiger partial charge in [0.2, 0.25) is 0 Å². The summed E-state index contributed by atoms with van der Waals surface area (Å²) in [5, 5.41) is 10.7. The smallest absolute Gasteiger partial charge is 0.259 e. The van der Waals surface area contributed by atoms with Crippen molar-refractivity contribution in [2.24, 2.45) is 0 Å². The SMILES string of the molecule is CNCCCNC(=O)c1cc(C2CC2)nc2onc(C)c12.Cl. The topological polar surface area (TPSA) is 80.0 Å². The van der Waals surface area contributed by atoms with E-state index < -0.39 is 0 Å². The van der Waals surface area contributed by atoms with Crippen molar-refractivity contribution in [1.29, 1.82) is 0 Å². The van der Waals surface area contributed by atoms with Crippen LogP contribution in [0.3, 0.4) is 0 Å². The fourth-order valence-corrected chi connectivity index (χ4v) is 2.44. The van der Waals surface area contributed by atoms with Gasteiger partial charge < -0.3 is 15.2 Å². The van der Waals surface area contributed by atoms with Gasteiger partial charge in [-0.15, -0.1) is 12.4 Å². The zero-order valence-electron chi connectivity index (χ0n) is 12.8. The van der Waals surface area contributed by atoms with Crippen LogP contribution in [-0.2, 0) is 0 Å². The Morgan fingerprint density at radius 3 is 2.86 bits per heavy atom. The van der Waals surface area contributed by atoms with Crippen molar-refractivity contribution in [3.8, 4) is 0 Å². The van der Waals surface area contributed by atoms with Gasteiger partial charge in [-0.1, -0.05) is 5.16 Å². The third-order valence-electron chi connectivity index (χ3n) is 3.77. The molecule has 120 valence electrons. The number of carbonyl (C=O) groups excluding carboxylic acids is 1. The Labute approximate surface area is 135 Å². The van der Waals surface area contributed by atoms with E-state index in [1.807, 2.05) is 20.0 Å². The highest BCUT2D eigenvalue weighted by atomic mass is 35.5. The van der Waals surface area contributed by atoms with Gasteiger partial charge in [-0.3, -0.25) is 4.79 Å². The zero-order chi connectivity index (χ0) is 14.8. The number of hydrogen-bond donors (Lipinski definition) is 2. The van der Waals surface area contributed by atoms with Gasteiger partial charge in [-0.25, -0.2) is 4.98 Å². The first-order valence-corrected chi connectivity index (χ1v) is 7.40. The van der Waals surface area contributed by atoms with Crippen molar-refractivity contribution >= 4 is 29.4 Å². The Balaban J connectivity index is 0.00000176. The number of amides is 1. The van der Waals surface area contributed by atoms with Crippen molar-refractivity contribution in [2.45, 2.75) is 32.1 Å². The summed E-state index contributed by atoms with van der Waals surface area (Å²) in [5.74, 6) is 0.391. The van der Waals surface area contributed by atoms with Crippen molar-refractivity contribution in [3.63, 3.8) is 0 Å². The summed E-state index contributed by atoms with van der Waals surface area (Å²) < 4.78 is 5.25. The number of carbonyl (C=O) groups is 1. The fraction of sp³-hybridized carbons (Fsp3) is 0.533. The molecule has 0 bridgehead atoms. The third kappa shape index (κ3) is 3.39. The summed E-state index contributed by atoms with van der Waals surface area (Å²) in [7, 11) is 1.90. The van der Waals surface area contributed by atoms with Crippen molar-refractivity contribution < 1.29 is 9.32 Å². The maximum Gasteiger partial charge on any atom is 0.259 e. The Bertz CT molecular complexity index is 667. The average Bonchev–Trinajstić information content (AvgIpc) is 3.27. The number of aromatic nitrogens is 2. The number of nitrogens with one attached hydrogen (secondary N) is 2. The number of fused-ring (bicyclic) bond motifs is 1. The van der Waals surface area contributed by atoms with Crippen LogP contribution in [0.25, 0.3) is 11.1 Å². The number of pyridine rings is 1. The Kier molecular flexibility index (Phi) is 5.37. The van der Waals surface area contributed by atoms with E-state index in [1.165, 1.54) is 0 Å². The van der Waals surface area contributed by atoms with Crippen molar-refractivity contribution in [1.82, 2.24) is 20.8 Å². The number of nitrogens with zero attached hydrogens (tertiary/aromatic N) is 2. The molecular formula is C15H21ClN4O2. The minimum Gasteiger partial charge on any atom is -0.352 e. The molecule has 1 saturated carbocycles. The van der Waals surface area contributed by atoms with Crippen LogP contribution in [0.2, 0.25) is 0 Å². The molecule has 0 spiro atoms. The lowest BCUT2D eigenvalue weighted by atomic mass is 10.1. The summed E-state index contributed by atoms with van der Waals surface area (Å²) in [6, 6.07) is 1.90. The molecule has 2 N–H and O–H groups in total. The van der Waals surface area contributed by atoms with Crippen LogP contribution in [0, 0.1) is 6.92 Å². The highest BCUT2D eigenvalue weighted by Crippen LogP contribution is 2.40. The van der Waals surface area contributed by atoms with Gasteiger partial charge in [0.1, 0.15) is 0 Å². The van der Waals surface area contributed by atoms with Crippen LogP contribution < -0.4 is 10.6 Å². The van der Waals surface area contributed by atoms with Gasteiger partial charge in [0.15, 0.2) is 0 Å². The number of hydrogen-bond acceptors (Lipinski definition) is 5. The van der Waals surface area contributed by atoms with E-state index in [0.29, 0.717) is 29.4 Å². The molecule has 2 heterocycles. The van der Waals surface area contributed by atoms with Crippen LogP contribution in [-0.4, -0.2) is 36.2 Å². The summed E-state index contributed by atoms with van der Waals surface area (Å²) in [4.78, 5) is 16.9. The molecule has 0 saturated heterocycles. The average molecular weight is 325 g/mol. The van der Waals surface area contributed by atoms with Crippen LogP contribution in [0.4, 0.5) is 0 Å². The number of halogens is 1. The molecule has 22 heavy (non-hydrogen) atoms. The number of rotatable bonds is 6. The highest BCUT2D eigenvalue weighted by Gasteiger charge is 2.28. The minimum atomic E-state index is -0.0771. The molecule has 0 radical (unpaired) electrons. The molecular weight excluding hydrogens is 304 g/mol. The minimum absolute atomic E-state index is 0. The summed E-state index contributed by atoms with van der Waals surface area (Å²) in [6.07, 6.45) is 3.16. The Morgan fingerprint density at radius 2 is 2.18 bits per heavy atom. The molecule has 1 aliphatic rings. The van der Waals surface area contributed by atoms with Crippen LogP contribution in [0.1, 0.15) is 46.9 Å². The second-order valence-corrected chi connectivity index (χ2v) is 5.53. The van der Waals surface area contributed by atoms with E-state index in [2.05, 4.69) is 20.8 Å². The maximum absolute atomic E-state index is 12.4. The molecule has 1 amide bonds. The lowest BCUT2D eigenvalue weighted by molar-refractivity contribution is 0.0954. The summed E-state index contributed by atoms with van der Waals surface area (Å²) in [6.45, 7) is 3.36. The van der Waals surface area contributed by atoms with Crippen molar-refractivity contribution in [2.75, 3.05) is 20.1 Å². The van der Waals surface area contributed by atoms with E-state index in [-0.39, 0.29) is 18.3 Å². The zero-order valence-corrected chi connectivity index (χ0v) is 13.6. The van der Waals surface area contributed by atoms with Gasteiger partial charge in [-0.2, -0.15) is 0 Å². The van der Waals surface area contributed by atoms with E-state index in [1.54, 1.807) is 0 Å². The summed E-state index contributed by atoms with van der Waals surface area (Å²) >= 11 is 0. The monoisotopic (exact) mass is 324 g/mol. The first-order valence-electron chi connectivity index (χ1n) is 7.40. The van der Waals surface area contributed by atoms with Crippen molar-refractivity contribution in [3.05, 3.63) is 23.0 Å². The third-order valence-corrected chi connectivity index (χ3v) is 3.77. The largest absolute Gasteiger partial charge is 0.352 e. The second-order valence-electron chi connectivity index (χ2n) is 5.53. The summed E-state index contributed by atoms with van der Waals surface area (Å²) in [5.41, 5.74) is 2.75. The number of aryl methyl sites for hydroxylation is 1. The van der Waals surface area contributed by atoms with E-state index in [0.717, 1.165) is 36.9 Å². The second kappa shape index (κ2) is 7.07. The molecule has 2 aromatic rings. The van der Waals surface area contributed by atoms with Crippen LogP contribution in [0.15, 0.2) is 10.6 Å². The van der Waals surface area contributed by atoms with E-state index in [9.17, 15) is 4.79 Å². The Morgan fingerprint density at radius 1 is 1.41 bits per heavy atom. The molecule has 2 aromatic heterocycles. The lowest BCUT2D eigenvalue weighted by Crippen LogP contribution is -2.27. The molecule has 0 aromatic carbocycles.